The van der Waals surface area contributed by atoms with E-state index in [4.69, 9.17) is 11.5 Å². The minimum Gasteiger partial charge on any atom is -0.396 e. The molecule has 0 aliphatic heterocycles. The first-order valence-electron chi connectivity index (χ1n) is 5.48. The molecule has 2 rings (SSSR count). The first kappa shape index (κ1) is 12.6. The molecule has 7 heteroatoms. The highest BCUT2D eigenvalue weighted by Crippen LogP contribution is 2.17. The van der Waals surface area contributed by atoms with Crippen LogP contribution in [0.4, 0.5) is 11.4 Å². The summed E-state index contributed by atoms with van der Waals surface area (Å²) in [6, 6.07) is 6.45. The van der Waals surface area contributed by atoms with E-state index in [9.17, 15) is 9.59 Å². The van der Waals surface area contributed by atoms with Gasteiger partial charge < -0.3 is 16.8 Å². The van der Waals surface area contributed by atoms with E-state index < -0.39 is 11.8 Å². The van der Waals surface area contributed by atoms with Crippen LogP contribution in [0.3, 0.4) is 0 Å². The van der Waals surface area contributed by atoms with E-state index in [1.54, 1.807) is 25.2 Å². The number of amides is 2. The lowest BCUT2D eigenvalue weighted by Gasteiger charge is -2.07. The summed E-state index contributed by atoms with van der Waals surface area (Å²) in [6.45, 7) is 0. The smallest absolute Gasteiger partial charge is 0.278 e. The van der Waals surface area contributed by atoms with Crippen molar-refractivity contribution in [3.8, 4) is 0 Å². The summed E-state index contributed by atoms with van der Waals surface area (Å²) in [7, 11) is 1.66. The SMILES string of the molecule is Cn1cc(N)c(C(=O)Nc2ccccc2C(N)=O)n1. The molecule has 1 heterocycles. The fourth-order valence-corrected chi connectivity index (χ4v) is 1.67. The fraction of sp³-hybridized carbons (Fsp3) is 0.0833. The number of nitrogens with zero attached hydrogens (tertiary/aromatic N) is 2. The van der Waals surface area contributed by atoms with Gasteiger partial charge in [-0.05, 0) is 12.1 Å². The monoisotopic (exact) mass is 259 g/mol. The van der Waals surface area contributed by atoms with Crippen molar-refractivity contribution < 1.29 is 9.59 Å². The molecule has 0 saturated carbocycles. The zero-order chi connectivity index (χ0) is 14.0. The van der Waals surface area contributed by atoms with Crippen LogP contribution in [-0.2, 0) is 7.05 Å². The van der Waals surface area contributed by atoms with Crippen molar-refractivity contribution in [2.45, 2.75) is 0 Å². The number of nitrogen functional groups attached to an aromatic ring is 1. The third kappa shape index (κ3) is 2.54. The number of carbonyl (C=O) groups excluding carboxylic acids is 2. The quantitative estimate of drug-likeness (QED) is 0.737. The fourth-order valence-electron chi connectivity index (χ4n) is 1.67. The van der Waals surface area contributed by atoms with Crippen molar-refractivity contribution in [3.63, 3.8) is 0 Å². The van der Waals surface area contributed by atoms with Gasteiger partial charge in [-0.25, -0.2) is 0 Å². The van der Waals surface area contributed by atoms with Crippen LogP contribution in [0.5, 0.6) is 0 Å². The molecular formula is C12H13N5O2. The Bertz CT molecular complexity index is 647. The molecule has 1 aromatic carbocycles. The zero-order valence-electron chi connectivity index (χ0n) is 10.3. The number of benzene rings is 1. The molecule has 0 bridgehead atoms. The highest BCUT2D eigenvalue weighted by molar-refractivity contribution is 6.09. The van der Waals surface area contributed by atoms with Crippen LogP contribution in [0.25, 0.3) is 0 Å². The molecule has 0 radical (unpaired) electrons. The van der Waals surface area contributed by atoms with Gasteiger partial charge in [-0.3, -0.25) is 14.3 Å². The first-order valence-corrected chi connectivity index (χ1v) is 5.48. The summed E-state index contributed by atoms with van der Waals surface area (Å²) < 4.78 is 1.43. The van der Waals surface area contributed by atoms with Gasteiger partial charge in [0.05, 0.1) is 16.9 Å². The number of aryl methyl sites for hydroxylation is 1. The maximum Gasteiger partial charge on any atom is 0.278 e. The van der Waals surface area contributed by atoms with Crippen molar-refractivity contribution in [2.24, 2.45) is 12.8 Å². The largest absolute Gasteiger partial charge is 0.396 e. The maximum atomic E-state index is 12.0. The van der Waals surface area contributed by atoms with Crippen LogP contribution in [0, 0.1) is 0 Å². The third-order valence-electron chi connectivity index (χ3n) is 2.51. The van der Waals surface area contributed by atoms with Gasteiger partial charge in [0.2, 0.25) is 0 Å². The highest BCUT2D eigenvalue weighted by atomic mass is 16.2. The van der Waals surface area contributed by atoms with Crippen molar-refractivity contribution in [3.05, 3.63) is 41.7 Å². The van der Waals surface area contributed by atoms with Gasteiger partial charge in [0.15, 0.2) is 5.69 Å². The number of rotatable bonds is 3. The normalized spacial score (nSPS) is 10.2. The molecule has 0 unspecified atom stereocenters. The third-order valence-corrected chi connectivity index (χ3v) is 2.51. The molecule has 5 N–H and O–H groups in total. The summed E-state index contributed by atoms with van der Waals surface area (Å²) in [4.78, 5) is 23.2. The molecule has 98 valence electrons. The number of nitrogens with two attached hydrogens (primary N) is 2. The lowest BCUT2D eigenvalue weighted by Crippen LogP contribution is -2.19. The molecule has 2 amide bonds. The topological polar surface area (TPSA) is 116 Å². The molecular weight excluding hydrogens is 246 g/mol. The average molecular weight is 259 g/mol. The predicted molar refractivity (Wildman–Crippen MR) is 70.5 cm³/mol. The van der Waals surface area contributed by atoms with Crippen LogP contribution < -0.4 is 16.8 Å². The van der Waals surface area contributed by atoms with Crippen LogP contribution >= 0.6 is 0 Å². The Hall–Kier alpha value is -2.83. The lowest BCUT2D eigenvalue weighted by molar-refractivity contribution is 0.100. The van der Waals surface area contributed by atoms with E-state index in [0.717, 1.165) is 0 Å². The summed E-state index contributed by atoms with van der Waals surface area (Å²) >= 11 is 0. The zero-order valence-corrected chi connectivity index (χ0v) is 10.3. The molecule has 0 atom stereocenters. The molecule has 0 spiro atoms. The van der Waals surface area contributed by atoms with Gasteiger partial charge in [-0.1, -0.05) is 12.1 Å². The van der Waals surface area contributed by atoms with Gasteiger partial charge >= 0.3 is 0 Å². The Morgan fingerprint density at radius 2 is 2.00 bits per heavy atom. The van der Waals surface area contributed by atoms with E-state index in [1.165, 1.54) is 16.9 Å². The summed E-state index contributed by atoms with van der Waals surface area (Å²) in [5.41, 5.74) is 11.8. The summed E-state index contributed by atoms with van der Waals surface area (Å²) in [6.07, 6.45) is 1.52. The van der Waals surface area contributed by atoms with Crippen molar-refractivity contribution in [1.29, 1.82) is 0 Å². The number of primary amides is 1. The standard InChI is InChI=1S/C12H13N5O2/c1-17-6-8(13)10(16-17)12(19)15-9-5-3-2-4-7(9)11(14)18/h2-6H,13H2,1H3,(H2,14,18)(H,15,19). The number of anilines is 2. The van der Waals surface area contributed by atoms with E-state index in [0.29, 0.717) is 5.69 Å². The minimum absolute atomic E-state index is 0.0989. The summed E-state index contributed by atoms with van der Waals surface area (Å²) in [5, 5.41) is 6.51. The molecule has 0 aliphatic carbocycles. The summed E-state index contributed by atoms with van der Waals surface area (Å²) in [5.74, 6) is -1.11. The number of aromatic nitrogens is 2. The van der Waals surface area contributed by atoms with E-state index >= 15 is 0 Å². The second kappa shape index (κ2) is 4.81. The van der Waals surface area contributed by atoms with Gasteiger partial charge in [0.1, 0.15) is 0 Å². The molecule has 7 nitrogen and oxygen atoms in total. The van der Waals surface area contributed by atoms with Crippen molar-refractivity contribution >= 4 is 23.2 Å². The van der Waals surface area contributed by atoms with Crippen LogP contribution in [-0.4, -0.2) is 21.6 Å². The Balaban J connectivity index is 2.29. The van der Waals surface area contributed by atoms with E-state index in [-0.39, 0.29) is 16.9 Å². The molecule has 1 aromatic heterocycles. The van der Waals surface area contributed by atoms with Crippen LogP contribution in [0.1, 0.15) is 20.8 Å². The van der Waals surface area contributed by atoms with Crippen LogP contribution in [0.2, 0.25) is 0 Å². The predicted octanol–water partition coefficient (Wildman–Crippen LogP) is 0.354. The molecule has 0 fully saturated rings. The second-order valence-corrected chi connectivity index (χ2v) is 3.97. The van der Waals surface area contributed by atoms with Gasteiger partial charge in [0.25, 0.3) is 11.8 Å². The second-order valence-electron chi connectivity index (χ2n) is 3.97. The molecule has 0 saturated heterocycles. The molecule has 2 aromatic rings. The van der Waals surface area contributed by atoms with Gasteiger partial charge in [-0.15, -0.1) is 0 Å². The molecule has 19 heavy (non-hydrogen) atoms. The van der Waals surface area contributed by atoms with Gasteiger partial charge in [0, 0.05) is 13.2 Å². The Morgan fingerprint density at radius 3 is 2.58 bits per heavy atom. The first-order chi connectivity index (χ1) is 8.99. The Kier molecular flexibility index (Phi) is 3.19. The Morgan fingerprint density at radius 1 is 1.32 bits per heavy atom. The number of carbonyl (C=O) groups is 2. The van der Waals surface area contributed by atoms with Gasteiger partial charge in [-0.2, -0.15) is 5.10 Å². The Labute approximate surface area is 109 Å². The average Bonchev–Trinajstić information content (AvgIpc) is 2.69. The van der Waals surface area contributed by atoms with Crippen molar-refractivity contribution in [1.82, 2.24) is 9.78 Å². The lowest BCUT2D eigenvalue weighted by atomic mass is 10.1. The molecule has 0 aliphatic rings. The number of nitrogens with one attached hydrogen (secondary N) is 1. The number of para-hydroxylation sites is 1. The number of hydrogen-bond donors (Lipinski definition) is 3. The number of hydrogen-bond acceptors (Lipinski definition) is 4. The minimum atomic E-state index is -0.620. The highest BCUT2D eigenvalue weighted by Gasteiger charge is 2.16. The van der Waals surface area contributed by atoms with E-state index in [2.05, 4.69) is 10.4 Å². The van der Waals surface area contributed by atoms with Crippen molar-refractivity contribution in [2.75, 3.05) is 11.1 Å². The maximum absolute atomic E-state index is 12.0. The van der Waals surface area contributed by atoms with Crippen LogP contribution in [0.15, 0.2) is 30.5 Å². The van der Waals surface area contributed by atoms with E-state index in [1.807, 2.05) is 0 Å².